The van der Waals surface area contributed by atoms with Crippen LogP contribution in [0.25, 0.3) is 0 Å². The highest BCUT2D eigenvalue weighted by molar-refractivity contribution is 5.34. The Kier molecular flexibility index (Phi) is 6.69. The van der Waals surface area contributed by atoms with Gasteiger partial charge in [-0.25, -0.2) is 0 Å². The normalized spacial score (nSPS) is 17.8. The second-order valence-electron chi connectivity index (χ2n) is 5.88. The molecule has 1 heteroatoms. The summed E-state index contributed by atoms with van der Waals surface area (Å²) in [6, 6.07) is 0. The molecule has 1 heterocycles. The van der Waals surface area contributed by atoms with Crippen LogP contribution in [0.3, 0.4) is 0 Å². The largest absolute Gasteiger partial charge is 0.388 e. The Bertz CT molecular complexity index is 405. The van der Waals surface area contributed by atoms with Gasteiger partial charge in [-0.05, 0) is 63.2 Å². The molecule has 0 fully saturated rings. The number of hydrogen-bond acceptors (Lipinski definition) is 1. The molecule has 1 nitrogen and oxygen atoms in total. The van der Waals surface area contributed by atoms with E-state index in [2.05, 4.69) is 64.2 Å². The van der Waals surface area contributed by atoms with Crippen molar-refractivity contribution in [2.45, 2.75) is 53.9 Å². The maximum Gasteiger partial charge on any atom is 0.0181 e. The van der Waals surface area contributed by atoms with Crippen LogP contribution in [0, 0.1) is 5.92 Å². The van der Waals surface area contributed by atoms with Crippen molar-refractivity contribution in [1.82, 2.24) is 5.32 Å². The molecular formula is C18H29N. The Balaban J connectivity index is 2.84. The molecule has 1 aliphatic rings. The average Bonchev–Trinajstić information content (AvgIpc) is 2.48. The fourth-order valence-electron chi connectivity index (χ4n) is 2.36. The van der Waals surface area contributed by atoms with Gasteiger partial charge in [0, 0.05) is 12.2 Å². The summed E-state index contributed by atoms with van der Waals surface area (Å²) in [5.41, 5.74) is 5.74. The van der Waals surface area contributed by atoms with Gasteiger partial charge in [-0.15, -0.1) is 0 Å². The third kappa shape index (κ3) is 5.96. The molecule has 0 saturated heterocycles. The van der Waals surface area contributed by atoms with E-state index >= 15 is 0 Å². The number of nitrogens with one attached hydrogen (secondary N) is 1. The molecule has 0 bridgehead atoms. The quantitative estimate of drug-likeness (QED) is 0.674. The van der Waals surface area contributed by atoms with Crippen LogP contribution >= 0.6 is 0 Å². The summed E-state index contributed by atoms with van der Waals surface area (Å²) in [6.07, 6.45) is 12.5. The lowest BCUT2D eigenvalue weighted by atomic mass is 9.96. The topological polar surface area (TPSA) is 12.0 Å². The lowest BCUT2D eigenvalue weighted by molar-refractivity contribution is 0.660. The summed E-state index contributed by atoms with van der Waals surface area (Å²) in [5, 5.41) is 3.44. The van der Waals surface area contributed by atoms with E-state index in [1.54, 1.807) is 5.57 Å². The standard InChI is InChI=1S/C18H29N/c1-6-7-17(9-8-14(2)3)13-18-10-11-19-16(5)12-15(18)4/h6-7,9,12,14,19H,8,10-11,13H2,1-5H3/b7-6?,17-9+. The van der Waals surface area contributed by atoms with E-state index < -0.39 is 0 Å². The zero-order chi connectivity index (χ0) is 14.3. The van der Waals surface area contributed by atoms with Crippen molar-refractivity contribution >= 4 is 0 Å². The predicted octanol–water partition coefficient (Wildman–Crippen LogP) is 5.14. The predicted molar refractivity (Wildman–Crippen MR) is 86.0 cm³/mol. The molecule has 0 unspecified atom stereocenters. The molecular weight excluding hydrogens is 230 g/mol. The van der Waals surface area contributed by atoms with Gasteiger partial charge < -0.3 is 5.32 Å². The SMILES string of the molecule is CC=C/C(=C\CC(C)C)CC1=C(C)C=C(C)NCC1. The first kappa shape index (κ1) is 15.8. The van der Waals surface area contributed by atoms with Crippen molar-refractivity contribution in [2.75, 3.05) is 6.54 Å². The molecule has 0 spiro atoms. The van der Waals surface area contributed by atoms with Crippen molar-refractivity contribution in [3.8, 4) is 0 Å². The van der Waals surface area contributed by atoms with Gasteiger partial charge in [0.25, 0.3) is 0 Å². The summed E-state index contributed by atoms with van der Waals surface area (Å²) in [4.78, 5) is 0. The first-order valence-electron chi connectivity index (χ1n) is 7.45. The first-order chi connectivity index (χ1) is 9.02. The minimum absolute atomic E-state index is 0.730. The first-order valence-corrected chi connectivity index (χ1v) is 7.45. The summed E-state index contributed by atoms with van der Waals surface area (Å²) in [7, 11) is 0. The van der Waals surface area contributed by atoms with Crippen LogP contribution in [0.15, 0.2) is 46.7 Å². The molecule has 19 heavy (non-hydrogen) atoms. The lowest BCUT2D eigenvalue weighted by Gasteiger charge is -2.10. The van der Waals surface area contributed by atoms with Crippen LogP contribution in [0.1, 0.15) is 53.9 Å². The number of rotatable bonds is 5. The third-order valence-electron chi connectivity index (χ3n) is 3.47. The van der Waals surface area contributed by atoms with Crippen molar-refractivity contribution in [3.05, 3.63) is 46.7 Å². The van der Waals surface area contributed by atoms with Crippen LogP contribution in [0.2, 0.25) is 0 Å². The van der Waals surface area contributed by atoms with Crippen LogP contribution < -0.4 is 5.32 Å². The molecule has 0 amide bonds. The van der Waals surface area contributed by atoms with E-state index in [9.17, 15) is 0 Å². The Morgan fingerprint density at radius 3 is 2.74 bits per heavy atom. The van der Waals surface area contributed by atoms with Gasteiger partial charge >= 0.3 is 0 Å². The number of hydrogen-bond donors (Lipinski definition) is 1. The fraction of sp³-hybridized carbons (Fsp3) is 0.556. The van der Waals surface area contributed by atoms with Crippen LogP contribution in [-0.2, 0) is 0 Å². The van der Waals surface area contributed by atoms with Gasteiger partial charge in [0.15, 0.2) is 0 Å². The second-order valence-corrected chi connectivity index (χ2v) is 5.88. The second kappa shape index (κ2) is 8.04. The Labute approximate surface area is 119 Å². The summed E-state index contributed by atoms with van der Waals surface area (Å²) >= 11 is 0. The van der Waals surface area contributed by atoms with Crippen LogP contribution in [-0.4, -0.2) is 6.54 Å². The van der Waals surface area contributed by atoms with Gasteiger partial charge in [0.2, 0.25) is 0 Å². The third-order valence-corrected chi connectivity index (χ3v) is 3.47. The maximum absolute atomic E-state index is 3.44. The molecule has 0 atom stereocenters. The highest BCUT2D eigenvalue weighted by atomic mass is 14.9. The van der Waals surface area contributed by atoms with E-state index in [4.69, 9.17) is 0 Å². The molecule has 106 valence electrons. The minimum atomic E-state index is 0.730. The summed E-state index contributed by atoms with van der Waals surface area (Å²) in [5.74, 6) is 0.730. The van der Waals surface area contributed by atoms with Crippen LogP contribution in [0.4, 0.5) is 0 Å². The molecule has 1 N–H and O–H groups in total. The van der Waals surface area contributed by atoms with Crippen molar-refractivity contribution in [3.63, 3.8) is 0 Å². The Morgan fingerprint density at radius 1 is 1.37 bits per heavy atom. The zero-order valence-electron chi connectivity index (χ0n) is 13.2. The molecule has 0 radical (unpaired) electrons. The molecule has 0 saturated carbocycles. The average molecular weight is 259 g/mol. The molecule has 0 aliphatic carbocycles. The smallest absolute Gasteiger partial charge is 0.0181 e. The molecule has 0 aromatic heterocycles. The Morgan fingerprint density at radius 2 is 2.11 bits per heavy atom. The van der Waals surface area contributed by atoms with Gasteiger partial charge in [-0.3, -0.25) is 0 Å². The molecule has 1 rings (SSSR count). The lowest BCUT2D eigenvalue weighted by Crippen LogP contribution is -2.11. The Hall–Kier alpha value is -1.24. The van der Waals surface area contributed by atoms with E-state index in [-0.39, 0.29) is 0 Å². The van der Waals surface area contributed by atoms with E-state index in [0.29, 0.717) is 0 Å². The van der Waals surface area contributed by atoms with E-state index in [0.717, 1.165) is 25.3 Å². The van der Waals surface area contributed by atoms with E-state index in [1.807, 2.05) is 0 Å². The summed E-state index contributed by atoms with van der Waals surface area (Å²) in [6.45, 7) is 12.1. The van der Waals surface area contributed by atoms with Gasteiger partial charge in [-0.1, -0.05) is 37.6 Å². The molecule has 1 aliphatic heterocycles. The maximum atomic E-state index is 3.44. The monoisotopic (exact) mass is 259 g/mol. The van der Waals surface area contributed by atoms with Crippen molar-refractivity contribution in [2.24, 2.45) is 5.92 Å². The highest BCUT2D eigenvalue weighted by Crippen LogP contribution is 2.23. The van der Waals surface area contributed by atoms with Crippen molar-refractivity contribution < 1.29 is 0 Å². The zero-order valence-corrected chi connectivity index (χ0v) is 13.2. The minimum Gasteiger partial charge on any atom is -0.388 e. The molecule has 0 aromatic carbocycles. The van der Waals surface area contributed by atoms with Gasteiger partial charge in [0.1, 0.15) is 0 Å². The van der Waals surface area contributed by atoms with Gasteiger partial charge in [-0.2, -0.15) is 0 Å². The fourth-order valence-corrected chi connectivity index (χ4v) is 2.36. The van der Waals surface area contributed by atoms with E-state index in [1.165, 1.54) is 23.3 Å². The number of allylic oxidation sites excluding steroid dienone is 7. The van der Waals surface area contributed by atoms with Crippen molar-refractivity contribution in [1.29, 1.82) is 0 Å². The highest BCUT2D eigenvalue weighted by Gasteiger charge is 2.08. The van der Waals surface area contributed by atoms with Gasteiger partial charge in [0.05, 0.1) is 0 Å². The summed E-state index contributed by atoms with van der Waals surface area (Å²) < 4.78 is 0. The molecule has 0 aromatic rings. The van der Waals surface area contributed by atoms with Crippen LogP contribution in [0.5, 0.6) is 0 Å².